The average Bonchev–Trinajstić information content (AvgIpc) is 2.17. The molecule has 1 aliphatic rings. The van der Waals surface area contributed by atoms with E-state index in [0.717, 1.165) is 19.0 Å². The molecule has 5 heteroatoms. The summed E-state index contributed by atoms with van der Waals surface area (Å²) in [6.45, 7) is 4.84. The molecule has 1 unspecified atom stereocenters. The van der Waals surface area contributed by atoms with Crippen LogP contribution in [0.4, 0.5) is 4.79 Å². The Hall–Kier alpha value is -0.810. The van der Waals surface area contributed by atoms with Crippen molar-refractivity contribution in [3.63, 3.8) is 0 Å². The molecular formula is C10H22N4O. The lowest BCUT2D eigenvalue weighted by atomic mass is 9.98. The fourth-order valence-corrected chi connectivity index (χ4v) is 2.02. The summed E-state index contributed by atoms with van der Waals surface area (Å²) in [6, 6.07) is -0.450. The number of primary amides is 1. The monoisotopic (exact) mass is 214 g/mol. The van der Waals surface area contributed by atoms with Crippen LogP contribution in [0.1, 0.15) is 12.8 Å². The number of carbonyl (C=O) groups excluding carboxylic acids is 1. The number of nitrogens with two attached hydrogens (primary N) is 1. The molecule has 0 aromatic carbocycles. The Kier molecular flexibility index (Phi) is 5.42. The molecule has 1 aliphatic heterocycles. The zero-order valence-corrected chi connectivity index (χ0v) is 9.46. The van der Waals surface area contributed by atoms with Crippen molar-refractivity contribution in [2.45, 2.75) is 12.8 Å². The third kappa shape index (κ3) is 5.59. The fourth-order valence-electron chi connectivity index (χ4n) is 2.02. The normalized spacial score (nSPS) is 22.6. The van der Waals surface area contributed by atoms with E-state index in [2.05, 4.69) is 22.6 Å². The fraction of sp³-hybridized carbons (Fsp3) is 0.900. The predicted molar refractivity (Wildman–Crippen MR) is 60.7 cm³/mol. The summed E-state index contributed by atoms with van der Waals surface area (Å²) in [4.78, 5) is 12.8. The maximum atomic E-state index is 10.4. The largest absolute Gasteiger partial charge is 0.352 e. The van der Waals surface area contributed by atoms with E-state index in [0.29, 0.717) is 6.54 Å². The van der Waals surface area contributed by atoms with Crippen molar-refractivity contribution in [1.82, 2.24) is 15.5 Å². The number of hydrogen-bond acceptors (Lipinski definition) is 3. The van der Waals surface area contributed by atoms with Crippen molar-refractivity contribution >= 4 is 6.03 Å². The van der Waals surface area contributed by atoms with Gasteiger partial charge in [0.25, 0.3) is 0 Å². The second kappa shape index (κ2) is 6.63. The van der Waals surface area contributed by atoms with Gasteiger partial charge >= 0.3 is 6.03 Å². The van der Waals surface area contributed by atoms with Crippen LogP contribution < -0.4 is 16.4 Å². The molecule has 4 N–H and O–H groups in total. The molecule has 2 amide bonds. The van der Waals surface area contributed by atoms with Crippen LogP contribution in [0.25, 0.3) is 0 Å². The molecule has 88 valence electrons. The summed E-state index contributed by atoms with van der Waals surface area (Å²) >= 11 is 0. The second-order valence-electron chi connectivity index (χ2n) is 4.27. The van der Waals surface area contributed by atoms with Gasteiger partial charge in [0.05, 0.1) is 0 Å². The van der Waals surface area contributed by atoms with E-state index in [4.69, 9.17) is 5.73 Å². The highest BCUT2D eigenvalue weighted by atomic mass is 16.2. The van der Waals surface area contributed by atoms with Gasteiger partial charge in [-0.1, -0.05) is 0 Å². The van der Waals surface area contributed by atoms with Gasteiger partial charge in [-0.2, -0.15) is 0 Å². The van der Waals surface area contributed by atoms with Gasteiger partial charge in [-0.3, -0.25) is 0 Å². The standard InChI is InChI=1S/C10H22N4O/c1-14-6-2-3-9(8-14)7-12-4-5-13-10(11)15/h9,12H,2-8H2,1H3,(H3,11,13,15). The first-order valence-corrected chi connectivity index (χ1v) is 5.61. The molecule has 5 nitrogen and oxygen atoms in total. The summed E-state index contributed by atoms with van der Waals surface area (Å²) in [5.74, 6) is 0.748. The first-order chi connectivity index (χ1) is 7.18. The van der Waals surface area contributed by atoms with Crippen molar-refractivity contribution in [3.05, 3.63) is 0 Å². The lowest BCUT2D eigenvalue weighted by Gasteiger charge is -2.29. The number of likely N-dealkylation sites (tertiary alicyclic amines) is 1. The van der Waals surface area contributed by atoms with Crippen LogP contribution in [0.3, 0.4) is 0 Å². The Morgan fingerprint density at radius 3 is 3.00 bits per heavy atom. The SMILES string of the molecule is CN1CCCC(CNCCNC(N)=O)C1. The molecule has 1 fully saturated rings. The summed E-state index contributed by atoms with van der Waals surface area (Å²) in [5, 5.41) is 5.89. The highest BCUT2D eigenvalue weighted by Gasteiger charge is 2.16. The van der Waals surface area contributed by atoms with Gasteiger partial charge in [0.2, 0.25) is 0 Å². The number of urea groups is 1. The first kappa shape index (κ1) is 12.3. The predicted octanol–water partition coefficient (Wildman–Crippen LogP) is -0.414. The van der Waals surface area contributed by atoms with Crippen LogP contribution in [0.2, 0.25) is 0 Å². The zero-order chi connectivity index (χ0) is 11.1. The second-order valence-corrected chi connectivity index (χ2v) is 4.27. The molecule has 0 aliphatic carbocycles. The molecule has 1 heterocycles. The summed E-state index contributed by atoms with van der Waals surface area (Å²) in [7, 11) is 2.17. The molecule has 0 aromatic heterocycles. The van der Waals surface area contributed by atoms with Gasteiger partial charge in [-0.25, -0.2) is 4.79 Å². The van der Waals surface area contributed by atoms with Gasteiger partial charge in [-0.15, -0.1) is 0 Å². The summed E-state index contributed by atoms with van der Waals surface area (Å²) < 4.78 is 0. The number of hydrogen-bond donors (Lipinski definition) is 3. The Bertz CT molecular complexity index is 198. The van der Waals surface area contributed by atoms with E-state index >= 15 is 0 Å². The molecule has 0 radical (unpaired) electrons. The van der Waals surface area contributed by atoms with Crippen LogP contribution in [0.15, 0.2) is 0 Å². The molecule has 15 heavy (non-hydrogen) atoms. The Morgan fingerprint density at radius 2 is 2.33 bits per heavy atom. The summed E-state index contributed by atoms with van der Waals surface area (Å²) in [5.41, 5.74) is 4.95. The third-order valence-corrected chi connectivity index (χ3v) is 2.76. The highest BCUT2D eigenvalue weighted by Crippen LogP contribution is 2.13. The number of rotatable bonds is 5. The molecule has 1 atom stereocenters. The minimum atomic E-state index is -0.450. The Balaban J connectivity index is 1.97. The minimum absolute atomic E-state index is 0.450. The average molecular weight is 214 g/mol. The van der Waals surface area contributed by atoms with Gasteiger partial charge in [0.15, 0.2) is 0 Å². The van der Waals surface area contributed by atoms with Crippen LogP contribution in [-0.4, -0.2) is 50.7 Å². The van der Waals surface area contributed by atoms with E-state index in [1.807, 2.05) is 0 Å². The number of nitrogens with one attached hydrogen (secondary N) is 2. The lowest BCUT2D eigenvalue weighted by Crippen LogP contribution is -2.40. The van der Waals surface area contributed by atoms with Crippen molar-refractivity contribution < 1.29 is 4.79 Å². The molecule has 0 aromatic rings. The van der Waals surface area contributed by atoms with E-state index in [9.17, 15) is 4.79 Å². The van der Waals surface area contributed by atoms with E-state index < -0.39 is 6.03 Å². The number of amides is 2. The van der Waals surface area contributed by atoms with Crippen LogP contribution >= 0.6 is 0 Å². The maximum absolute atomic E-state index is 10.4. The van der Waals surface area contributed by atoms with Crippen molar-refractivity contribution in [1.29, 1.82) is 0 Å². The first-order valence-electron chi connectivity index (χ1n) is 5.61. The quantitative estimate of drug-likeness (QED) is 0.545. The van der Waals surface area contributed by atoms with E-state index in [1.165, 1.54) is 25.9 Å². The summed E-state index contributed by atoms with van der Waals surface area (Å²) in [6.07, 6.45) is 2.60. The van der Waals surface area contributed by atoms with Crippen molar-refractivity contribution in [2.75, 3.05) is 39.8 Å². The molecule has 0 saturated carbocycles. The lowest BCUT2D eigenvalue weighted by molar-refractivity contribution is 0.206. The maximum Gasteiger partial charge on any atom is 0.312 e. The molecule has 1 saturated heterocycles. The van der Waals surface area contributed by atoms with Gasteiger partial charge < -0.3 is 21.3 Å². The highest BCUT2D eigenvalue weighted by molar-refractivity contribution is 5.71. The van der Waals surface area contributed by atoms with Crippen LogP contribution in [-0.2, 0) is 0 Å². The molecule has 1 rings (SSSR count). The molecular weight excluding hydrogens is 192 g/mol. The molecule has 0 bridgehead atoms. The van der Waals surface area contributed by atoms with Gasteiger partial charge in [0, 0.05) is 19.6 Å². The topological polar surface area (TPSA) is 70.4 Å². The van der Waals surface area contributed by atoms with Crippen molar-refractivity contribution in [2.24, 2.45) is 11.7 Å². The smallest absolute Gasteiger partial charge is 0.312 e. The van der Waals surface area contributed by atoms with E-state index in [-0.39, 0.29) is 0 Å². The van der Waals surface area contributed by atoms with E-state index in [1.54, 1.807) is 0 Å². The third-order valence-electron chi connectivity index (χ3n) is 2.76. The zero-order valence-electron chi connectivity index (χ0n) is 9.46. The Labute approximate surface area is 91.4 Å². The number of nitrogens with zero attached hydrogens (tertiary/aromatic N) is 1. The number of carbonyl (C=O) groups is 1. The van der Waals surface area contributed by atoms with Crippen LogP contribution in [0.5, 0.6) is 0 Å². The Morgan fingerprint density at radius 1 is 1.53 bits per heavy atom. The van der Waals surface area contributed by atoms with Gasteiger partial charge in [-0.05, 0) is 38.9 Å². The van der Waals surface area contributed by atoms with Crippen molar-refractivity contribution in [3.8, 4) is 0 Å². The van der Waals surface area contributed by atoms with Gasteiger partial charge in [0.1, 0.15) is 0 Å². The van der Waals surface area contributed by atoms with Crippen LogP contribution in [0, 0.1) is 5.92 Å². The molecule has 0 spiro atoms. The number of piperidine rings is 1. The minimum Gasteiger partial charge on any atom is -0.352 e.